The summed E-state index contributed by atoms with van der Waals surface area (Å²) in [4.78, 5) is 20.9. The molecule has 4 rings (SSSR count). The van der Waals surface area contributed by atoms with E-state index in [0.717, 1.165) is 28.7 Å². The van der Waals surface area contributed by atoms with Gasteiger partial charge >= 0.3 is 0 Å². The zero-order valence-electron chi connectivity index (χ0n) is 14.0. The molecule has 4 nitrogen and oxygen atoms in total. The van der Waals surface area contributed by atoms with Crippen LogP contribution in [0.25, 0.3) is 10.9 Å². The van der Waals surface area contributed by atoms with Crippen molar-refractivity contribution in [3.8, 4) is 0 Å². The first-order valence-corrected chi connectivity index (χ1v) is 8.46. The molecule has 1 aliphatic heterocycles. The van der Waals surface area contributed by atoms with Crippen molar-refractivity contribution in [2.45, 2.75) is 0 Å². The number of carbonyl (C=O) groups is 1. The Morgan fingerprint density at radius 2 is 1.69 bits per heavy atom. The van der Waals surface area contributed by atoms with Crippen LogP contribution in [0.5, 0.6) is 0 Å². The second kappa shape index (κ2) is 6.71. The third kappa shape index (κ3) is 2.98. The van der Waals surface area contributed by atoms with E-state index in [2.05, 4.69) is 9.88 Å². The third-order valence-corrected chi connectivity index (χ3v) is 4.69. The van der Waals surface area contributed by atoms with Crippen LogP contribution in [-0.4, -0.2) is 42.0 Å². The fourth-order valence-corrected chi connectivity index (χ4v) is 3.31. The number of anilines is 1. The Labute approximate surface area is 149 Å². The lowest BCUT2D eigenvalue weighted by atomic mass is 10.1. The molecule has 0 radical (unpaired) electrons. The van der Waals surface area contributed by atoms with Gasteiger partial charge in [-0.3, -0.25) is 9.78 Å². The van der Waals surface area contributed by atoms with Gasteiger partial charge in [0.2, 0.25) is 0 Å². The SMILES string of the molecule is O=C(c1ccc(F)c(F)c1)N1CCN(c2cccc3cccnc23)CC1. The fourth-order valence-electron chi connectivity index (χ4n) is 3.31. The summed E-state index contributed by atoms with van der Waals surface area (Å²) in [6.45, 7) is 2.35. The Kier molecular flexibility index (Phi) is 4.24. The largest absolute Gasteiger partial charge is 0.366 e. The van der Waals surface area contributed by atoms with Gasteiger partial charge in [-0.15, -0.1) is 0 Å². The van der Waals surface area contributed by atoms with E-state index in [1.807, 2.05) is 30.3 Å². The third-order valence-electron chi connectivity index (χ3n) is 4.69. The van der Waals surface area contributed by atoms with Crippen LogP contribution in [0.3, 0.4) is 0 Å². The first-order valence-electron chi connectivity index (χ1n) is 8.46. The topological polar surface area (TPSA) is 36.4 Å². The molecule has 3 aromatic rings. The highest BCUT2D eigenvalue weighted by Gasteiger charge is 2.24. The average Bonchev–Trinajstić information content (AvgIpc) is 2.69. The number of benzene rings is 2. The Hall–Kier alpha value is -3.02. The fraction of sp³-hybridized carbons (Fsp3) is 0.200. The minimum atomic E-state index is -1.00. The maximum Gasteiger partial charge on any atom is 0.254 e. The van der Waals surface area contributed by atoms with Crippen molar-refractivity contribution in [1.82, 2.24) is 9.88 Å². The van der Waals surface area contributed by atoms with Gasteiger partial charge in [-0.05, 0) is 30.3 Å². The predicted octanol–water partition coefficient (Wildman–Crippen LogP) is 3.48. The van der Waals surface area contributed by atoms with Crippen molar-refractivity contribution in [3.63, 3.8) is 0 Å². The van der Waals surface area contributed by atoms with E-state index >= 15 is 0 Å². The van der Waals surface area contributed by atoms with Crippen LogP contribution in [-0.2, 0) is 0 Å². The number of hydrogen-bond donors (Lipinski definition) is 0. The van der Waals surface area contributed by atoms with Crippen molar-refractivity contribution in [2.75, 3.05) is 31.1 Å². The second-order valence-electron chi connectivity index (χ2n) is 6.26. The maximum absolute atomic E-state index is 13.4. The number of para-hydroxylation sites is 1. The van der Waals surface area contributed by atoms with Gasteiger partial charge in [0.1, 0.15) is 0 Å². The molecule has 1 aromatic heterocycles. The molecule has 0 N–H and O–H groups in total. The van der Waals surface area contributed by atoms with Gasteiger partial charge in [-0.1, -0.05) is 18.2 Å². The van der Waals surface area contributed by atoms with Crippen LogP contribution >= 0.6 is 0 Å². The zero-order valence-corrected chi connectivity index (χ0v) is 14.0. The zero-order chi connectivity index (χ0) is 18.1. The Morgan fingerprint density at radius 1 is 0.923 bits per heavy atom. The highest BCUT2D eigenvalue weighted by Crippen LogP contribution is 2.26. The van der Waals surface area contributed by atoms with Gasteiger partial charge in [0.25, 0.3) is 5.91 Å². The summed E-state index contributed by atoms with van der Waals surface area (Å²) in [6.07, 6.45) is 1.77. The first-order chi connectivity index (χ1) is 12.6. The number of halogens is 2. The number of rotatable bonds is 2. The molecule has 6 heteroatoms. The van der Waals surface area contributed by atoms with E-state index in [4.69, 9.17) is 0 Å². The average molecular weight is 353 g/mol. The van der Waals surface area contributed by atoms with Crippen LogP contribution in [0, 0.1) is 11.6 Å². The Bertz CT molecular complexity index is 963. The molecule has 2 heterocycles. The lowest BCUT2D eigenvalue weighted by Crippen LogP contribution is -2.48. The number of hydrogen-bond acceptors (Lipinski definition) is 3. The Balaban J connectivity index is 1.50. The molecule has 0 bridgehead atoms. The number of piperazine rings is 1. The summed E-state index contributed by atoms with van der Waals surface area (Å²) in [5, 5.41) is 1.07. The van der Waals surface area contributed by atoms with Crippen LogP contribution in [0.1, 0.15) is 10.4 Å². The van der Waals surface area contributed by atoms with Crippen LogP contribution in [0.2, 0.25) is 0 Å². The molecule has 0 aliphatic carbocycles. The van der Waals surface area contributed by atoms with Crippen molar-refractivity contribution < 1.29 is 13.6 Å². The summed E-state index contributed by atoms with van der Waals surface area (Å²) < 4.78 is 26.4. The molecule has 0 saturated carbocycles. The number of aromatic nitrogens is 1. The molecule has 2 aromatic carbocycles. The van der Waals surface area contributed by atoms with Crippen LogP contribution in [0.4, 0.5) is 14.5 Å². The van der Waals surface area contributed by atoms with Gasteiger partial charge in [-0.2, -0.15) is 0 Å². The van der Waals surface area contributed by atoms with E-state index in [0.29, 0.717) is 26.2 Å². The standard InChI is InChI=1S/C20H17F2N3O/c21-16-7-6-15(13-17(16)22)20(26)25-11-9-24(10-12-25)18-5-1-3-14-4-2-8-23-19(14)18/h1-8,13H,9-12H2. The molecular weight excluding hydrogens is 336 g/mol. The number of nitrogens with zero attached hydrogens (tertiary/aromatic N) is 3. The van der Waals surface area contributed by atoms with Gasteiger partial charge in [0.15, 0.2) is 11.6 Å². The van der Waals surface area contributed by atoms with Gasteiger partial charge < -0.3 is 9.80 Å². The van der Waals surface area contributed by atoms with Gasteiger partial charge in [-0.25, -0.2) is 8.78 Å². The monoisotopic (exact) mass is 353 g/mol. The number of amides is 1. The molecule has 0 spiro atoms. The number of carbonyl (C=O) groups excluding carboxylic acids is 1. The Morgan fingerprint density at radius 3 is 2.46 bits per heavy atom. The predicted molar refractivity (Wildman–Crippen MR) is 96.2 cm³/mol. The van der Waals surface area contributed by atoms with E-state index in [9.17, 15) is 13.6 Å². The summed E-state index contributed by atoms with van der Waals surface area (Å²) >= 11 is 0. The lowest BCUT2D eigenvalue weighted by Gasteiger charge is -2.36. The number of pyridine rings is 1. The minimum Gasteiger partial charge on any atom is -0.366 e. The molecule has 0 atom stereocenters. The van der Waals surface area contributed by atoms with Crippen molar-refractivity contribution >= 4 is 22.5 Å². The number of fused-ring (bicyclic) bond motifs is 1. The van der Waals surface area contributed by atoms with E-state index in [1.165, 1.54) is 6.07 Å². The summed E-state index contributed by atoms with van der Waals surface area (Å²) in [5.41, 5.74) is 2.16. The van der Waals surface area contributed by atoms with E-state index < -0.39 is 11.6 Å². The summed E-state index contributed by atoms with van der Waals surface area (Å²) in [5.74, 6) is -2.23. The van der Waals surface area contributed by atoms with Crippen molar-refractivity contribution in [1.29, 1.82) is 0 Å². The molecule has 26 heavy (non-hydrogen) atoms. The molecule has 1 aliphatic rings. The van der Waals surface area contributed by atoms with Gasteiger partial charge in [0.05, 0.1) is 11.2 Å². The maximum atomic E-state index is 13.4. The molecule has 1 saturated heterocycles. The van der Waals surface area contributed by atoms with Crippen LogP contribution in [0.15, 0.2) is 54.7 Å². The van der Waals surface area contributed by atoms with E-state index in [1.54, 1.807) is 11.1 Å². The lowest BCUT2D eigenvalue weighted by molar-refractivity contribution is 0.0746. The van der Waals surface area contributed by atoms with Crippen LogP contribution < -0.4 is 4.90 Å². The molecule has 1 fully saturated rings. The molecular formula is C20H17F2N3O. The van der Waals surface area contributed by atoms with Crippen molar-refractivity contribution in [3.05, 3.63) is 71.9 Å². The highest BCUT2D eigenvalue weighted by atomic mass is 19.2. The molecule has 0 unspecified atom stereocenters. The smallest absolute Gasteiger partial charge is 0.254 e. The molecule has 1 amide bonds. The summed E-state index contributed by atoms with van der Waals surface area (Å²) in [7, 11) is 0. The summed E-state index contributed by atoms with van der Waals surface area (Å²) in [6, 6.07) is 13.2. The van der Waals surface area contributed by atoms with Crippen molar-refractivity contribution in [2.24, 2.45) is 0 Å². The van der Waals surface area contributed by atoms with E-state index in [-0.39, 0.29) is 11.5 Å². The normalized spacial score (nSPS) is 14.7. The van der Waals surface area contributed by atoms with Gasteiger partial charge in [0, 0.05) is 43.3 Å². The minimum absolute atomic E-state index is 0.171. The second-order valence-corrected chi connectivity index (χ2v) is 6.26. The quantitative estimate of drug-likeness (QED) is 0.708. The molecule has 132 valence electrons. The highest BCUT2D eigenvalue weighted by molar-refractivity contribution is 5.95. The first kappa shape index (κ1) is 16.4.